The summed E-state index contributed by atoms with van der Waals surface area (Å²) in [6.07, 6.45) is 1.64. The molecule has 6 heteroatoms. The first kappa shape index (κ1) is 17.0. The number of nitrogens with zero attached hydrogens (tertiary/aromatic N) is 1. The molecule has 1 aliphatic heterocycles. The molecule has 0 bridgehead atoms. The molecule has 1 aromatic heterocycles. The maximum atomic E-state index is 13.3. The number of carbonyl (C=O) groups excluding carboxylic acids is 1. The molecule has 1 aliphatic rings. The van der Waals surface area contributed by atoms with Gasteiger partial charge in [0.1, 0.15) is 11.7 Å². The van der Waals surface area contributed by atoms with Crippen molar-refractivity contribution in [3.63, 3.8) is 0 Å². The molecule has 3 aromatic rings. The highest BCUT2D eigenvalue weighted by molar-refractivity contribution is 5.86. The number of fused-ring (bicyclic) bond motifs is 1. The van der Waals surface area contributed by atoms with E-state index < -0.39 is 5.92 Å². The van der Waals surface area contributed by atoms with E-state index in [2.05, 4.69) is 10.3 Å². The van der Waals surface area contributed by atoms with E-state index in [0.717, 1.165) is 5.56 Å². The second-order valence-electron chi connectivity index (χ2n) is 6.14. The molecule has 1 unspecified atom stereocenters. The van der Waals surface area contributed by atoms with Gasteiger partial charge >= 0.3 is 0 Å². The van der Waals surface area contributed by atoms with Crippen LogP contribution in [0.3, 0.4) is 0 Å². The lowest BCUT2D eigenvalue weighted by atomic mass is 9.94. The zero-order valence-corrected chi connectivity index (χ0v) is 14.4. The van der Waals surface area contributed by atoms with Gasteiger partial charge in [0.25, 0.3) is 0 Å². The van der Waals surface area contributed by atoms with Crippen LogP contribution in [0.2, 0.25) is 0 Å². The molecular weight excluding hydrogens is 347 g/mol. The molecular formula is C21H17FN2O3. The standard InChI is InChI=1S/C21H17FN2O3/c22-16-7-5-15(6-8-16)20(17-3-1-2-10-23-17)21(25)24-12-14-4-9-18-19(11-14)27-13-26-18/h1-11,20H,12-13H2,(H,24,25). The van der Waals surface area contributed by atoms with Gasteiger partial charge in [-0.2, -0.15) is 0 Å². The fourth-order valence-electron chi connectivity index (χ4n) is 3.00. The first-order valence-corrected chi connectivity index (χ1v) is 8.53. The van der Waals surface area contributed by atoms with Crippen molar-refractivity contribution in [3.05, 3.63) is 89.5 Å². The van der Waals surface area contributed by atoms with Crippen molar-refractivity contribution in [2.75, 3.05) is 6.79 Å². The summed E-state index contributed by atoms with van der Waals surface area (Å²) in [5.41, 5.74) is 2.18. The summed E-state index contributed by atoms with van der Waals surface area (Å²) in [4.78, 5) is 17.2. The van der Waals surface area contributed by atoms with Crippen molar-refractivity contribution in [1.29, 1.82) is 0 Å². The molecule has 27 heavy (non-hydrogen) atoms. The van der Waals surface area contributed by atoms with Gasteiger partial charge in [-0.15, -0.1) is 0 Å². The zero-order valence-electron chi connectivity index (χ0n) is 14.4. The number of amides is 1. The predicted octanol–water partition coefficient (Wildman–Crippen LogP) is 3.40. The minimum Gasteiger partial charge on any atom is -0.454 e. The molecule has 0 spiro atoms. The molecule has 136 valence electrons. The third-order valence-electron chi connectivity index (χ3n) is 4.35. The summed E-state index contributed by atoms with van der Waals surface area (Å²) >= 11 is 0. The Morgan fingerprint density at radius 1 is 1.07 bits per heavy atom. The number of pyridine rings is 1. The normalized spacial score (nSPS) is 13.2. The Balaban J connectivity index is 1.54. The molecule has 0 fully saturated rings. The highest BCUT2D eigenvalue weighted by Gasteiger charge is 2.24. The van der Waals surface area contributed by atoms with Crippen LogP contribution in [0.5, 0.6) is 11.5 Å². The molecule has 0 saturated carbocycles. The van der Waals surface area contributed by atoms with Crippen molar-refractivity contribution in [2.24, 2.45) is 0 Å². The number of halogens is 1. The van der Waals surface area contributed by atoms with E-state index in [9.17, 15) is 9.18 Å². The van der Waals surface area contributed by atoms with Gasteiger partial charge in [-0.25, -0.2) is 4.39 Å². The Morgan fingerprint density at radius 2 is 1.89 bits per heavy atom. The van der Waals surface area contributed by atoms with Crippen LogP contribution in [-0.2, 0) is 11.3 Å². The summed E-state index contributed by atoms with van der Waals surface area (Å²) < 4.78 is 24.0. The van der Waals surface area contributed by atoms with E-state index in [1.54, 1.807) is 30.5 Å². The summed E-state index contributed by atoms with van der Waals surface area (Å²) in [5, 5.41) is 2.93. The summed E-state index contributed by atoms with van der Waals surface area (Å²) in [7, 11) is 0. The quantitative estimate of drug-likeness (QED) is 0.754. The number of benzene rings is 2. The third kappa shape index (κ3) is 3.74. The average molecular weight is 364 g/mol. The van der Waals surface area contributed by atoms with Crippen LogP contribution in [0.25, 0.3) is 0 Å². The van der Waals surface area contributed by atoms with Crippen molar-refractivity contribution in [1.82, 2.24) is 10.3 Å². The van der Waals surface area contributed by atoms with Crippen LogP contribution in [0.1, 0.15) is 22.7 Å². The van der Waals surface area contributed by atoms with Gasteiger partial charge in [0, 0.05) is 12.7 Å². The molecule has 0 aliphatic carbocycles. The average Bonchev–Trinajstić information content (AvgIpc) is 3.17. The van der Waals surface area contributed by atoms with Gasteiger partial charge in [-0.05, 0) is 47.5 Å². The summed E-state index contributed by atoms with van der Waals surface area (Å²) in [5.74, 6) is 0.183. The smallest absolute Gasteiger partial charge is 0.233 e. The minimum atomic E-state index is -0.624. The molecule has 1 amide bonds. The van der Waals surface area contributed by atoms with Gasteiger partial charge in [-0.3, -0.25) is 9.78 Å². The lowest BCUT2D eigenvalue weighted by molar-refractivity contribution is -0.121. The first-order valence-electron chi connectivity index (χ1n) is 8.53. The largest absolute Gasteiger partial charge is 0.454 e. The number of rotatable bonds is 5. The first-order chi connectivity index (χ1) is 13.2. The molecule has 5 nitrogen and oxygen atoms in total. The SMILES string of the molecule is O=C(NCc1ccc2c(c1)OCO2)C(c1ccc(F)cc1)c1ccccn1. The number of nitrogens with one attached hydrogen (secondary N) is 1. The Labute approximate surface area is 155 Å². The zero-order chi connectivity index (χ0) is 18.6. The van der Waals surface area contributed by atoms with E-state index in [-0.39, 0.29) is 18.5 Å². The number of carbonyl (C=O) groups is 1. The second kappa shape index (κ2) is 7.45. The fourth-order valence-corrected chi connectivity index (χ4v) is 3.00. The highest BCUT2D eigenvalue weighted by Crippen LogP contribution is 2.32. The van der Waals surface area contributed by atoms with Gasteiger partial charge < -0.3 is 14.8 Å². The number of ether oxygens (including phenoxy) is 2. The highest BCUT2D eigenvalue weighted by atomic mass is 19.1. The second-order valence-corrected chi connectivity index (χ2v) is 6.14. The van der Waals surface area contributed by atoms with Crippen LogP contribution in [0.15, 0.2) is 66.9 Å². The topological polar surface area (TPSA) is 60.5 Å². The lowest BCUT2D eigenvalue weighted by Crippen LogP contribution is -2.30. The lowest BCUT2D eigenvalue weighted by Gasteiger charge is -2.17. The number of hydrogen-bond acceptors (Lipinski definition) is 4. The minimum absolute atomic E-state index is 0.206. The molecule has 4 rings (SSSR count). The van der Waals surface area contributed by atoms with Gasteiger partial charge in [0.2, 0.25) is 12.7 Å². The Kier molecular flexibility index (Phi) is 4.70. The maximum absolute atomic E-state index is 13.3. The van der Waals surface area contributed by atoms with E-state index >= 15 is 0 Å². The number of aromatic nitrogens is 1. The fraction of sp³-hybridized carbons (Fsp3) is 0.143. The van der Waals surface area contributed by atoms with Crippen LogP contribution >= 0.6 is 0 Å². The van der Waals surface area contributed by atoms with Crippen LogP contribution in [-0.4, -0.2) is 17.7 Å². The Hall–Kier alpha value is -3.41. The molecule has 0 radical (unpaired) electrons. The molecule has 2 heterocycles. The van der Waals surface area contributed by atoms with Gasteiger partial charge in [-0.1, -0.05) is 24.3 Å². The van der Waals surface area contributed by atoms with Crippen LogP contribution in [0.4, 0.5) is 4.39 Å². The van der Waals surface area contributed by atoms with Crippen LogP contribution in [0, 0.1) is 5.82 Å². The van der Waals surface area contributed by atoms with E-state index in [4.69, 9.17) is 9.47 Å². The van der Waals surface area contributed by atoms with Crippen LogP contribution < -0.4 is 14.8 Å². The van der Waals surface area contributed by atoms with E-state index in [1.807, 2.05) is 24.3 Å². The predicted molar refractivity (Wildman–Crippen MR) is 96.9 cm³/mol. The number of hydrogen-bond donors (Lipinski definition) is 1. The molecule has 2 aromatic carbocycles. The maximum Gasteiger partial charge on any atom is 0.233 e. The van der Waals surface area contributed by atoms with Crippen molar-refractivity contribution in [2.45, 2.75) is 12.5 Å². The van der Waals surface area contributed by atoms with Gasteiger partial charge in [0.15, 0.2) is 11.5 Å². The third-order valence-corrected chi connectivity index (χ3v) is 4.35. The monoisotopic (exact) mass is 364 g/mol. The van der Waals surface area contributed by atoms with Crippen molar-refractivity contribution >= 4 is 5.91 Å². The van der Waals surface area contributed by atoms with E-state index in [0.29, 0.717) is 29.3 Å². The summed E-state index contributed by atoms with van der Waals surface area (Å²) in [6.45, 7) is 0.539. The summed E-state index contributed by atoms with van der Waals surface area (Å²) in [6, 6.07) is 16.8. The van der Waals surface area contributed by atoms with E-state index in [1.165, 1.54) is 12.1 Å². The Morgan fingerprint density at radius 3 is 2.67 bits per heavy atom. The molecule has 1 atom stereocenters. The molecule has 1 N–H and O–H groups in total. The van der Waals surface area contributed by atoms with Gasteiger partial charge in [0.05, 0.1) is 5.69 Å². The van der Waals surface area contributed by atoms with Crippen molar-refractivity contribution in [3.8, 4) is 11.5 Å². The van der Waals surface area contributed by atoms with Crippen molar-refractivity contribution < 1.29 is 18.7 Å². The Bertz CT molecular complexity index is 945. The molecule has 0 saturated heterocycles.